The molecule has 11 heteroatoms. The summed E-state index contributed by atoms with van der Waals surface area (Å²) in [5, 5.41) is 12.3. The third-order valence-corrected chi connectivity index (χ3v) is 5.02. The Labute approximate surface area is 154 Å². The van der Waals surface area contributed by atoms with E-state index in [-0.39, 0.29) is 33.8 Å². The molecule has 0 saturated carbocycles. The van der Waals surface area contributed by atoms with E-state index in [0.29, 0.717) is 0 Å². The number of amides is 1. The van der Waals surface area contributed by atoms with Crippen LogP contribution in [0, 0.1) is 13.8 Å². The Hall–Kier alpha value is -3.50. The van der Waals surface area contributed by atoms with Gasteiger partial charge in [-0.05, 0) is 32.0 Å². The minimum atomic E-state index is -4.67. The third-order valence-electron chi connectivity index (χ3n) is 5.02. The van der Waals surface area contributed by atoms with E-state index < -0.39 is 34.2 Å². The number of hydrogen-bond donors (Lipinski definition) is 5. The summed E-state index contributed by atoms with van der Waals surface area (Å²) in [5.74, 6) is -0.789. The lowest BCUT2D eigenvalue weighted by molar-refractivity contribution is -0.137. The van der Waals surface area contributed by atoms with E-state index in [0.717, 1.165) is 18.2 Å². The van der Waals surface area contributed by atoms with Crippen LogP contribution in [0.3, 0.4) is 0 Å². The SMILES string of the molecule is Cc1[nH][nH]c(=O)c1C1(c2c(C)[nH][nH]c2=O)C(=O)Nc2ccc(C(F)(F)F)cc21. The number of nitrogens with one attached hydrogen (secondary N) is 5. The number of carbonyl (C=O) groups is 1. The molecule has 1 aromatic carbocycles. The van der Waals surface area contributed by atoms with Gasteiger partial charge in [0.15, 0.2) is 0 Å². The lowest BCUT2D eigenvalue weighted by atomic mass is 9.70. The van der Waals surface area contributed by atoms with Crippen LogP contribution in [0.4, 0.5) is 18.9 Å². The molecule has 0 saturated heterocycles. The molecule has 1 aliphatic heterocycles. The van der Waals surface area contributed by atoms with Crippen LogP contribution in [0.1, 0.15) is 33.6 Å². The number of benzene rings is 1. The van der Waals surface area contributed by atoms with Crippen LogP contribution in [0.5, 0.6) is 0 Å². The van der Waals surface area contributed by atoms with Crippen LogP contribution >= 0.6 is 0 Å². The van der Waals surface area contributed by atoms with Crippen LogP contribution in [0.25, 0.3) is 0 Å². The summed E-state index contributed by atoms with van der Waals surface area (Å²) in [4.78, 5) is 38.3. The van der Waals surface area contributed by atoms with Gasteiger partial charge >= 0.3 is 6.18 Å². The van der Waals surface area contributed by atoms with Gasteiger partial charge in [-0.3, -0.25) is 24.6 Å². The summed E-state index contributed by atoms with van der Waals surface area (Å²) < 4.78 is 40.1. The highest BCUT2D eigenvalue weighted by Gasteiger charge is 2.55. The lowest BCUT2D eigenvalue weighted by Gasteiger charge is -2.26. The molecular formula is C17H14F3N5O3. The molecule has 1 aliphatic rings. The Bertz CT molecular complexity index is 1170. The normalized spacial score (nSPS) is 15.5. The van der Waals surface area contributed by atoms with E-state index in [1.807, 2.05) is 0 Å². The largest absolute Gasteiger partial charge is 0.416 e. The first-order valence-electron chi connectivity index (χ1n) is 8.17. The Morgan fingerprint density at radius 1 is 0.857 bits per heavy atom. The maximum Gasteiger partial charge on any atom is 0.416 e. The molecule has 0 aliphatic carbocycles. The molecule has 1 amide bonds. The molecule has 4 rings (SSSR count). The number of aryl methyl sites for hydroxylation is 2. The third kappa shape index (κ3) is 2.15. The average Bonchev–Trinajstić information content (AvgIpc) is 3.21. The molecule has 3 aromatic rings. The number of rotatable bonds is 2. The number of fused-ring (bicyclic) bond motifs is 1. The minimum Gasteiger partial charge on any atom is -0.324 e. The first-order valence-corrected chi connectivity index (χ1v) is 8.17. The van der Waals surface area contributed by atoms with Crippen molar-refractivity contribution in [3.8, 4) is 0 Å². The number of anilines is 1. The molecule has 28 heavy (non-hydrogen) atoms. The van der Waals surface area contributed by atoms with Gasteiger partial charge in [0.2, 0.25) is 5.91 Å². The molecule has 0 bridgehead atoms. The van der Waals surface area contributed by atoms with Crippen LogP contribution in [0.2, 0.25) is 0 Å². The van der Waals surface area contributed by atoms with Crippen molar-refractivity contribution in [3.05, 3.63) is 72.5 Å². The molecule has 0 unspecified atom stereocenters. The summed E-state index contributed by atoms with van der Waals surface area (Å²) in [6, 6.07) is 2.74. The van der Waals surface area contributed by atoms with Gasteiger partial charge in [0.25, 0.3) is 11.1 Å². The molecular weight excluding hydrogens is 379 g/mol. The molecule has 2 aromatic heterocycles. The number of hydrogen-bond acceptors (Lipinski definition) is 3. The van der Waals surface area contributed by atoms with Crippen LogP contribution in [-0.2, 0) is 16.4 Å². The molecule has 5 N–H and O–H groups in total. The molecule has 0 spiro atoms. The van der Waals surface area contributed by atoms with Crippen LogP contribution in [-0.4, -0.2) is 26.3 Å². The van der Waals surface area contributed by atoms with Gasteiger partial charge in [0, 0.05) is 22.6 Å². The van der Waals surface area contributed by atoms with Gasteiger partial charge in [0.05, 0.1) is 16.7 Å². The maximum absolute atomic E-state index is 13.4. The predicted octanol–water partition coefficient (Wildman–Crippen LogP) is 1.64. The molecule has 0 radical (unpaired) electrons. The quantitative estimate of drug-likeness (QED) is 0.454. The van der Waals surface area contributed by atoms with Crippen molar-refractivity contribution in [3.63, 3.8) is 0 Å². The first kappa shape index (κ1) is 17.9. The highest BCUT2D eigenvalue weighted by atomic mass is 19.4. The average molecular weight is 393 g/mol. The summed E-state index contributed by atoms with van der Waals surface area (Å²) in [6.45, 7) is 2.98. The summed E-state index contributed by atoms with van der Waals surface area (Å²) in [6.07, 6.45) is -4.67. The summed E-state index contributed by atoms with van der Waals surface area (Å²) in [7, 11) is 0. The Morgan fingerprint density at radius 3 is 1.82 bits per heavy atom. The van der Waals surface area contributed by atoms with Gasteiger partial charge in [-0.2, -0.15) is 13.2 Å². The van der Waals surface area contributed by atoms with Crippen molar-refractivity contribution in [2.24, 2.45) is 0 Å². The molecule has 0 atom stereocenters. The Morgan fingerprint density at radius 2 is 1.39 bits per heavy atom. The van der Waals surface area contributed by atoms with E-state index in [2.05, 4.69) is 25.7 Å². The number of aromatic amines is 4. The lowest BCUT2D eigenvalue weighted by Crippen LogP contribution is -2.44. The van der Waals surface area contributed by atoms with Crippen molar-refractivity contribution < 1.29 is 18.0 Å². The van der Waals surface area contributed by atoms with Crippen molar-refractivity contribution in [1.29, 1.82) is 0 Å². The second-order valence-corrected chi connectivity index (χ2v) is 6.62. The standard InChI is InChI=1S/C17H14F3N5O3/c1-6-11(13(26)24-22-6)16(12-7(2)23-25-14(12)27)9-5-8(17(18,19)20)3-4-10(9)21-15(16)28/h3-5H,1-2H3,(H,21,28)(H2,22,24,26)(H2,23,25,27). The smallest absolute Gasteiger partial charge is 0.324 e. The van der Waals surface area contributed by atoms with Crippen molar-refractivity contribution in [1.82, 2.24) is 20.4 Å². The van der Waals surface area contributed by atoms with Gasteiger partial charge in [-0.25, -0.2) is 0 Å². The fourth-order valence-corrected chi connectivity index (χ4v) is 3.89. The minimum absolute atomic E-state index is 0.0954. The number of aromatic nitrogens is 4. The van der Waals surface area contributed by atoms with Gasteiger partial charge < -0.3 is 15.5 Å². The second-order valence-electron chi connectivity index (χ2n) is 6.62. The summed E-state index contributed by atoms with van der Waals surface area (Å²) >= 11 is 0. The fourth-order valence-electron chi connectivity index (χ4n) is 3.89. The van der Waals surface area contributed by atoms with Crippen molar-refractivity contribution in [2.45, 2.75) is 25.4 Å². The number of halogens is 3. The first-order chi connectivity index (χ1) is 13.1. The fraction of sp³-hybridized carbons (Fsp3) is 0.235. The van der Waals surface area contributed by atoms with Crippen LogP contribution in [0.15, 0.2) is 27.8 Å². The van der Waals surface area contributed by atoms with Gasteiger partial charge in [-0.15, -0.1) is 0 Å². The van der Waals surface area contributed by atoms with E-state index >= 15 is 0 Å². The zero-order chi connectivity index (χ0) is 20.4. The highest BCUT2D eigenvalue weighted by molar-refractivity contribution is 6.11. The van der Waals surface area contributed by atoms with E-state index in [9.17, 15) is 27.6 Å². The number of alkyl halides is 3. The second kappa shape index (κ2) is 5.50. The van der Waals surface area contributed by atoms with Gasteiger partial charge in [0.1, 0.15) is 5.41 Å². The number of H-pyrrole nitrogens is 4. The van der Waals surface area contributed by atoms with Crippen molar-refractivity contribution in [2.75, 3.05) is 5.32 Å². The zero-order valence-corrected chi connectivity index (χ0v) is 14.6. The molecule has 3 heterocycles. The molecule has 8 nitrogen and oxygen atoms in total. The van der Waals surface area contributed by atoms with Crippen LogP contribution < -0.4 is 16.4 Å². The highest BCUT2D eigenvalue weighted by Crippen LogP contribution is 2.48. The predicted molar refractivity (Wildman–Crippen MR) is 92.3 cm³/mol. The topological polar surface area (TPSA) is 126 Å². The molecule has 0 fully saturated rings. The Kier molecular flexibility index (Phi) is 3.52. The van der Waals surface area contributed by atoms with E-state index in [4.69, 9.17) is 0 Å². The Balaban J connectivity index is 2.21. The monoisotopic (exact) mass is 393 g/mol. The molecule has 146 valence electrons. The van der Waals surface area contributed by atoms with E-state index in [1.54, 1.807) is 0 Å². The number of carbonyl (C=O) groups excluding carboxylic acids is 1. The van der Waals surface area contributed by atoms with Crippen molar-refractivity contribution >= 4 is 11.6 Å². The van der Waals surface area contributed by atoms with E-state index in [1.165, 1.54) is 13.8 Å². The maximum atomic E-state index is 13.4. The summed E-state index contributed by atoms with van der Waals surface area (Å²) in [5.41, 5.74) is -4.32. The zero-order valence-electron chi connectivity index (χ0n) is 14.6. The van der Waals surface area contributed by atoms with Gasteiger partial charge in [-0.1, -0.05) is 0 Å².